The third-order valence-corrected chi connectivity index (χ3v) is 3.51. The van der Waals surface area contributed by atoms with Crippen LogP contribution in [0.15, 0.2) is 36.4 Å². The highest BCUT2D eigenvalue weighted by molar-refractivity contribution is 5.96. The molecule has 0 atom stereocenters. The summed E-state index contributed by atoms with van der Waals surface area (Å²) in [6.45, 7) is 4.06. The third kappa shape index (κ3) is 3.53. The molecule has 24 heavy (non-hydrogen) atoms. The predicted molar refractivity (Wildman–Crippen MR) is 91.5 cm³/mol. The van der Waals surface area contributed by atoms with Gasteiger partial charge in [0, 0.05) is 17.7 Å². The molecule has 0 aromatic heterocycles. The Morgan fingerprint density at radius 3 is 2.71 bits per heavy atom. The topological polar surface area (TPSA) is 82.8 Å². The lowest BCUT2D eigenvalue weighted by Crippen LogP contribution is -2.17. The Morgan fingerprint density at radius 2 is 1.96 bits per heavy atom. The maximum atomic E-state index is 12.4. The van der Waals surface area contributed by atoms with Gasteiger partial charge in [0.1, 0.15) is 5.75 Å². The Morgan fingerprint density at radius 1 is 1.25 bits per heavy atom. The number of anilines is 2. The SMILES string of the molecule is CC(C)Oc1ccccc1CC(=O)Nc1cc2c(cc1N)OCO2. The summed E-state index contributed by atoms with van der Waals surface area (Å²) < 4.78 is 16.3. The third-order valence-electron chi connectivity index (χ3n) is 3.51. The lowest BCUT2D eigenvalue weighted by molar-refractivity contribution is -0.115. The van der Waals surface area contributed by atoms with Crippen molar-refractivity contribution in [3.63, 3.8) is 0 Å². The van der Waals surface area contributed by atoms with Crippen LogP contribution < -0.4 is 25.3 Å². The molecular weight excluding hydrogens is 308 g/mol. The molecular formula is C18H20N2O4. The lowest BCUT2D eigenvalue weighted by Gasteiger charge is -2.14. The number of benzene rings is 2. The van der Waals surface area contributed by atoms with Gasteiger partial charge in [-0.1, -0.05) is 18.2 Å². The fourth-order valence-electron chi connectivity index (χ4n) is 2.45. The van der Waals surface area contributed by atoms with Crippen molar-refractivity contribution in [3.05, 3.63) is 42.0 Å². The zero-order valence-corrected chi connectivity index (χ0v) is 13.7. The number of hydrogen-bond donors (Lipinski definition) is 2. The van der Waals surface area contributed by atoms with Gasteiger partial charge in [0.2, 0.25) is 12.7 Å². The molecule has 0 bridgehead atoms. The van der Waals surface area contributed by atoms with E-state index in [1.54, 1.807) is 12.1 Å². The van der Waals surface area contributed by atoms with E-state index >= 15 is 0 Å². The van der Waals surface area contributed by atoms with Crippen molar-refractivity contribution < 1.29 is 19.0 Å². The molecule has 6 heteroatoms. The van der Waals surface area contributed by atoms with Crippen molar-refractivity contribution in [2.75, 3.05) is 17.8 Å². The van der Waals surface area contributed by atoms with E-state index in [9.17, 15) is 4.79 Å². The number of ether oxygens (including phenoxy) is 3. The van der Waals surface area contributed by atoms with Crippen LogP contribution in [0.25, 0.3) is 0 Å². The highest BCUT2D eigenvalue weighted by Gasteiger charge is 2.18. The zero-order chi connectivity index (χ0) is 17.1. The number of nitrogens with two attached hydrogens (primary N) is 1. The summed E-state index contributed by atoms with van der Waals surface area (Å²) in [5.74, 6) is 1.69. The molecule has 126 valence electrons. The van der Waals surface area contributed by atoms with Crippen LogP contribution >= 0.6 is 0 Å². The maximum absolute atomic E-state index is 12.4. The molecule has 0 spiro atoms. The molecule has 0 aliphatic carbocycles. The predicted octanol–water partition coefficient (Wildman–Crippen LogP) is 2.97. The first-order valence-corrected chi connectivity index (χ1v) is 7.76. The van der Waals surface area contributed by atoms with E-state index in [2.05, 4.69) is 5.32 Å². The van der Waals surface area contributed by atoms with E-state index in [4.69, 9.17) is 19.9 Å². The zero-order valence-electron chi connectivity index (χ0n) is 13.7. The molecule has 0 saturated heterocycles. The number of carbonyl (C=O) groups is 1. The number of para-hydroxylation sites is 1. The highest BCUT2D eigenvalue weighted by atomic mass is 16.7. The second kappa shape index (κ2) is 6.70. The molecule has 1 aliphatic heterocycles. The van der Waals surface area contributed by atoms with Gasteiger partial charge in [-0.25, -0.2) is 0 Å². The van der Waals surface area contributed by atoms with Crippen LogP contribution in [0.1, 0.15) is 19.4 Å². The monoisotopic (exact) mass is 328 g/mol. The van der Waals surface area contributed by atoms with Crippen LogP contribution in [-0.4, -0.2) is 18.8 Å². The van der Waals surface area contributed by atoms with E-state index in [-0.39, 0.29) is 25.2 Å². The van der Waals surface area contributed by atoms with Gasteiger partial charge in [0.15, 0.2) is 11.5 Å². The van der Waals surface area contributed by atoms with Crippen LogP contribution in [0.4, 0.5) is 11.4 Å². The van der Waals surface area contributed by atoms with Crippen molar-refractivity contribution in [3.8, 4) is 17.2 Å². The molecule has 0 saturated carbocycles. The first kappa shape index (κ1) is 16.0. The molecule has 3 N–H and O–H groups in total. The normalized spacial score (nSPS) is 12.3. The maximum Gasteiger partial charge on any atom is 0.231 e. The fourth-order valence-corrected chi connectivity index (χ4v) is 2.45. The average molecular weight is 328 g/mol. The Hall–Kier alpha value is -2.89. The van der Waals surface area contributed by atoms with Crippen LogP contribution in [0.3, 0.4) is 0 Å². The number of hydrogen-bond acceptors (Lipinski definition) is 5. The summed E-state index contributed by atoms with van der Waals surface area (Å²) in [7, 11) is 0. The van der Waals surface area contributed by atoms with Crippen molar-refractivity contribution in [1.82, 2.24) is 0 Å². The Bertz CT molecular complexity index is 759. The van der Waals surface area contributed by atoms with Crippen molar-refractivity contribution in [1.29, 1.82) is 0 Å². The minimum Gasteiger partial charge on any atom is -0.491 e. The lowest BCUT2D eigenvalue weighted by atomic mass is 10.1. The highest BCUT2D eigenvalue weighted by Crippen LogP contribution is 2.38. The summed E-state index contributed by atoms with van der Waals surface area (Å²) in [4.78, 5) is 12.4. The molecule has 1 aliphatic rings. The number of amides is 1. The second-order valence-electron chi connectivity index (χ2n) is 5.79. The van der Waals surface area contributed by atoms with E-state index < -0.39 is 0 Å². The average Bonchev–Trinajstić information content (AvgIpc) is 2.96. The Balaban J connectivity index is 1.73. The van der Waals surface area contributed by atoms with Gasteiger partial charge >= 0.3 is 0 Å². The first-order valence-electron chi connectivity index (χ1n) is 7.76. The quantitative estimate of drug-likeness (QED) is 0.825. The first-order chi connectivity index (χ1) is 11.5. The summed E-state index contributed by atoms with van der Waals surface area (Å²) in [6, 6.07) is 10.8. The van der Waals surface area contributed by atoms with Gasteiger partial charge in [-0.05, 0) is 19.9 Å². The van der Waals surface area contributed by atoms with Crippen molar-refractivity contribution in [2.24, 2.45) is 0 Å². The molecule has 2 aromatic carbocycles. The van der Waals surface area contributed by atoms with Gasteiger partial charge in [-0.3, -0.25) is 4.79 Å². The molecule has 6 nitrogen and oxygen atoms in total. The van der Waals surface area contributed by atoms with Crippen LogP contribution in [0.5, 0.6) is 17.2 Å². The number of fused-ring (bicyclic) bond motifs is 1. The standard InChI is InChI=1S/C18H20N2O4/c1-11(2)24-15-6-4-3-5-12(15)7-18(21)20-14-9-17-16(8-13(14)19)22-10-23-17/h3-6,8-9,11H,7,10,19H2,1-2H3,(H,20,21). The number of rotatable bonds is 5. The van der Waals surface area contributed by atoms with Crippen LogP contribution in [0.2, 0.25) is 0 Å². The molecule has 0 radical (unpaired) electrons. The van der Waals surface area contributed by atoms with Crippen LogP contribution in [0, 0.1) is 0 Å². The van der Waals surface area contributed by atoms with Gasteiger partial charge in [0.05, 0.1) is 23.9 Å². The van der Waals surface area contributed by atoms with Crippen molar-refractivity contribution >= 4 is 17.3 Å². The smallest absolute Gasteiger partial charge is 0.231 e. The van der Waals surface area contributed by atoms with Crippen LogP contribution in [-0.2, 0) is 11.2 Å². The largest absolute Gasteiger partial charge is 0.491 e. The molecule has 1 heterocycles. The Kier molecular flexibility index (Phi) is 4.46. The summed E-state index contributed by atoms with van der Waals surface area (Å²) in [6.07, 6.45) is 0.232. The van der Waals surface area contributed by atoms with Crippen molar-refractivity contribution in [2.45, 2.75) is 26.4 Å². The van der Waals surface area contributed by atoms with Gasteiger partial charge in [0.25, 0.3) is 0 Å². The van der Waals surface area contributed by atoms with Gasteiger partial charge < -0.3 is 25.3 Å². The summed E-state index contributed by atoms with van der Waals surface area (Å²) in [5.41, 5.74) is 7.71. The fraction of sp³-hybridized carbons (Fsp3) is 0.278. The van der Waals surface area contributed by atoms with E-state index in [0.29, 0.717) is 28.6 Å². The van der Waals surface area contributed by atoms with E-state index in [1.807, 2.05) is 38.1 Å². The minimum atomic E-state index is -0.180. The molecule has 0 fully saturated rings. The summed E-state index contributed by atoms with van der Waals surface area (Å²) >= 11 is 0. The molecule has 2 aromatic rings. The number of carbonyl (C=O) groups excluding carboxylic acids is 1. The molecule has 0 unspecified atom stereocenters. The molecule has 3 rings (SSSR count). The van der Waals surface area contributed by atoms with Gasteiger partial charge in [-0.15, -0.1) is 0 Å². The Labute approximate surface area is 140 Å². The van der Waals surface area contributed by atoms with E-state index in [0.717, 1.165) is 5.56 Å². The number of nitrogens with one attached hydrogen (secondary N) is 1. The molecule has 1 amide bonds. The van der Waals surface area contributed by atoms with Gasteiger partial charge in [-0.2, -0.15) is 0 Å². The summed E-state index contributed by atoms with van der Waals surface area (Å²) in [5, 5.41) is 2.81. The number of nitrogen functional groups attached to an aromatic ring is 1. The second-order valence-corrected chi connectivity index (χ2v) is 5.79. The van der Waals surface area contributed by atoms with E-state index in [1.165, 1.54) is 0 Å². The minimum absolute atomic E-state index is 0.0405.